The van der Waals surface area contributed by atoms with Crippen molar-refractivity contribution < 1.29 is 4.79 Å². The first-order valence-corrected chi connectivity index (χ1v) is 8.45. The molecule has 0 atom stereocenters. The van der Waals surface area contributed by atoms with Gasteiger partial charge in [-0.25, -0.2) is 9.97 Å². The van der Waals surface area contributed by atoms with Gasteiger partial charge in [-0.15, -0.1) is 0 Å². The Morgan fingerprint density at radius 3 is 2.60 bits per heavy atom. The highest BCUT2D eigenvalue weighted by Crippen LogP contribution is 2.31. The number of amides is 1. The highest BCUT2D eigenvalue weighted by molar-refractivity contribution is 5.81. The molecule has 2 fully saturated rings. The van der Waals surface area contributed by atoms with E-state index in [1.165, 1.54) is 0 Å². The molecular weight excluding hydrogens is 318 g/mol. The second-order valence-corrected chi connectivity index (χ2v) is 6.53. The first-order chi connectivity index (χ1) is 12.2. The summed E-state index contributed by atoms with van der Waals surface area (Å²) in [5, 5.41) is 13.5. The number of hydrogen-bond acceptors (Lipinski definition) is 6. The number of hydrogen-bond donors (Lipinski definition) is 0. The van der Waals surface area contributed by atoms with Crippen LogP contribution in [0.5, 0.6) is 0 Å². The van der Waals surface area contributed by atoms with Gasteiger partial charge >= 0.3 is 0 Å². The van der Waals surface area contributed by atoms with Gasteiger partial charge in [-0.05, 0) is 12.8 Å². The van der Waals surface area contributed by atoms with Gasteiger partial charge in [0.25, 0.3) is 0 Å². The van der Waals surface area contributed by atoms with E-state index >= 15 is 0 Å². The van der Waals surface area contributed by atoms with E-state index in [9.17, 15) is 10.1 Å². The molecule has 25 heavy (non-hydrogen) atoms. The lowest BCUT2D eigenvalue weighted by molar-refractivity contribution is -0.132. The minimum Gasteiger partial charge on any atom is -0.351 e. The van der Waals surface area contributed by atoms with Gasteiger partial charge < -0.3 is 9.80 Å². The van der Waals surface area contributed by atoms with E-state index in [1.54, 1.807) is 17.1 Å². The van der Waals surface area contributed by atoms with Gasteiger partial charge in [-0.3, -0.25) is 9.48 Å². The van der Waals surface area contributed by atoms with E-state index in [1.807, 2.05) is 23.0 Å². The van der Waals surface area contributed by atoms with Crippen molar-refractivity contribution >= 4 is 11.7 Å². The van der Waals surface area contributed by atoms with E-state index in [4.69, 9.17) is 0 Å². The van der Waals surface area contributed by atoms with Crippen molar-refractivity contribution in [3.63, 3.8) is 0 Å². The van der Waals surface area contributed by atoms with E-state index in [0.717, 1.165) is 18.4 Å². The molecule has 0 unspecified atom stereocenters. The Morgan fingerprint density at radius 1 is 1.24 bits per heavy atom. The van der Waals surface area contributed by atoms with Crippen LogP contribution in [0.25, 0.3) is 11.3 Å². The van der Waals surface area contributed by atoms with Crippen LogP contribution in [0.4, 0.5) is 5.82 Å². The normalized spacial score (nSPS) is 17.4. The number of rotatable bonds is 3. The molecular formula is C17H19N7O. The van der Waals surface area contributed by atoms with E-state index in [-0.39, 0.29) is 11.8 Å². The number of aryl methyl sites for hydroxylation is 1. The summed E-state index contributed by atoms with van der Waals surface area (Å²) in [4.78, 5) is 25.1. The summed E-state index contributed by atoms with van der Waals surface area (Å²) in [5.41, 5.74) is 1.87. The number of nitrogens with zero attached hydrogens (tertiary/aromatic N) is 7. The van der Waals surface area contributed by atoms with Crippen LogP contribution in [-0.2, 0) is 11.8 Å². The minimum atomic E-state index is 0.245. The molecule has 8 nitrogen and oxygen atoms in total. The second-order valence-electron chi connectivity index (χ2n) is 6.53. The fraction of sp³-hybridized carbons (Fsp3) is 0.471. The van der Waals surface area contributed by atoms with Crippen molar-refractivity contribution in [1.29, 1.82) is 5.26 Å². The molecule has 128 valence electrons. The SMILES string of the molecule is Cn1cc(-c2cnc(C#N)c(N3CCN(C(=O)C4CC4)CC3)n2)cn1. The van der Waals surface area contributed by atoms with Crippen molar-refractivity contribution in [2.24, 2.45) is 13.0 Å². The molecule has 8 heteroatoms. The molecule has 2 aromatic heterocycles. The highest BCUT2D eigenvalue weighted by atomic mass is 16.2. The first kappa shape index (κ1) is 15.6. The summed E-state index contributed by atoms with van der Waals surface area (Å²) in [6.45, 7) is 2.66. The molecule has 3 heterocycles. The number of nitriles is 1. The van der Waals surface area contributed by atoms with Crippen LogP contribution in [0.1, 0.15) is 18.5 Å². The Balaban J connectivity index is 1.55. The van der Waals surface area contributed by atoms with Crippen molar-refractivity contribution in [3.05, 3.63) is 24.3 Å². The number of aromatic nitrogens is 4. The maximum atomic E-state index is 12.2. The third kappa shape index (κ3) is 3.05. The zero-order chi connectivity index (χ0) is 17.4. The molecule has 0 N–H and O–H groups in total. The molecule has 1 saturated carbocycles. The Bertz CT molecular complexity index is 841. The van der Waals surface area contributed by atoms with Gasteiger partial charge in [0, 0.05) is 50.9 Å². The van der Waals surface area contributed by atoms with Gasteiger partial charge in [0.2, 0.25) is 5.91 Å². The Morgan fingerprint density at radius 2 is 2.00 bits per heavy atom. The van der Waals surface area contributed by atoms with Crippen molar-refractivity contribution in [2.45, 2.75) is 12.8 Å². The van der Waals surface area contributed by atoms with Gasteiger partial charge in [0.15, 0.2) is 11.5 Å². The number of anilines is 1. The smallest absolute Gasteiger partial charge is 0.225 e. The average molecular weight is 337 g/mol. The summed E-state index contributed by atoms with van der Waals surface area (Å²) in [7, 11) is 1.84. The maximum Gasteiger partial charge on any atom is 0.225 e. The standard InChI is InChI=1S/C17H19N7O/c1-22-11-13(9-20-22)15-10-19-14(8-18)16(21-15)23-4-6-24(7-5-23)17(25)12-2-3-12/h9-12H,2-7H2,1H3. The molecule has 1 amide bonds. The van der Waals surface area contributed by atoms with Crippen LogP contribution in [0.15, 0.2) is 18.6 Å². The molecule has 0 radical (unpaired) electrons. The lowest BCUT2D eigenvalue weighted by atomic mass is 10.2. The number of carbonyl (C=O) groups is 1. The molecule has 2 aromatic rings. The van der Waals surface area contributed by atoms with Gasteiger partial charge in [0.05, 0.1) is 18.1 Å². The van der Waals surface area contributed by atoms with Crippen LogP contribution >= 0.6 is 0 Å². The van der Waals surface area contributed by atoms with E-state index in [2.05, 4.69) is 21.1 Å². The van der Waals surface area contributed by atoms with Crippen molar-refractivity contribution in [2.75, 3.05) is 31.1 Å². The maximum absolute atomic E-state index is 12.2. The van der Waals surface area contributed by atoms with Crippen molar-refractivity contribution in [3.8, 4) is 17.3 Å². The summed E-state index contributed by atoms with van der Waals surface area (Å²) >= 11 is 0. The quantitative estimate of drug-likeness (QED) is 0.823. The third-order valence-electron chi connectivity index (χ3n) is 4.68. The largest absolute Gasteiger partial charge is 0.351 e. The average Bonchev–Trinajstić information content (AvgIpc) is 3.41. The molecule has 1 aliphatic heterocycles. The van der Waals surface area contributed by atoms with Crippen LogP contribution in [-0.4, -0.2) is 56.7 Å². The lowest BCUT2D eigenvalue weighted by Gasteiger charge is -2.35. The zero-order valence-corrected chi connectivity index (χ0v) is 14.1. The van der Waals surface area contributed by atoms with Crippen LogP contribution in [0.3, 0.4) is 0 Å². The zero-order valence-electron chi connectivity index (χ0n) is 14.1. The Hall–Kier alpha value is -2.95. The second kappa shape index (κ2) is 6.16. The van der Waals surface area contributed by atoms with Gasteiger partial charge in [0.1, 0.15) is 6.07 Å². The molecule has 0 aromatic carbocycles. The van der Waals surface area contributed by atoms with Crippen LogP contribution in [0, 0.1) is 17.2 Å². The Kier molecular flexibility index (Phi) is 3.84. The molecule has 1 saturated heterocycles. The molecule has 4 rings (SSSR count). The van der Waals surface area contributed by atoms with Gasteiger partial charge in [-0.1, -0.05) is 0 Å². The fourth-order valence-corrected chi connectivity index (χ4v) is 3.10. The number of carbonyl (C=O) groups excluding carboxylic acids is 1. The molecule has 1 aliphatic carbocycles. The third-order valence-corrected chi connectivity index (χ3v) is 4.68. The predicted molar refractivity (Wildman–Crippen MR) is 90.5 cm³/mol. The van der Waals surface area contributed by atoms with E-state index < -0.39 is 0 Å². The highest BCUT2D eigenvalue weighted by Gasteiger charge is 2.35. The number of piperazine rings is 1. The minimum absolute atomic E-state index is 0.245. The summed E-state index contributed by atoms with van der Waals surface area (Å²) in [6, 6.07) is 2.12. The topological polar surface area (TPSA) is 90.9 Å². The fourth-order valence-electron chi connectivity index (χ4n) is 3.10. The monoisotopic (exact) mass is 337 g/mol. The molecule has 0 spiro atoms. The summed E-state index contributed by atoms with van der Waals surface area (Å²) in [6.07, 6.45) is 7.25. The van der Waals surface area contributed by atoms with Crippen molar-refractivity contribution in [1.82, 2.24) is 24.6 Å². The lowest BCUT2D eigenvalue weighted by Crippen LogP contribution is -2.49. The summed E-state index contributed by atoms with van der Waals surface area (Å²) < 4.78 is 1.71. The summed E-state index contributed by atoms with van der Waals surface area (Å²) in [5.74, 6) is 1.10. The molecule has 2 aliphatic rings. The van der Waals surface area contributed by atoms with Crippen LogP contribution < -0.4 is 4.90 Å². The van der Waals surface area contributed by atoms with E-state index in [0.29, 0.717) is 43.4 Å². The first-order valence-electron chi connectivity index (χ1n) is 8.45. The van der Waals surface area contributed by atoms with Gasteiger partial charge in [-0.2, -0.15) is 10.4 Å². The molecule has 0 bridgehead atoms. The van der Waals surface area contributed by atoms with Crippen LogP contribution in [0.2, 0.25) is 0 Å². The predicted octanol–water partition coefficient (Wildman–Crippen LogP) is 0.807. The Labute approximate surface area is 145 Å².